The van der Waals surface area contributed by atoms with Gasteiger partial charge < -0.3 is 14.9 Å². The second kappa shape index (κ2) is 6.36. The van der Waals surface area contributed by atoms with Crippen molar-refractivity contribution in [2.24, 2.45) is 11.8 Å². The number of rotatable bonds is 5. The third-order valence-electron chi connectivity index (χ3n) is 4.59. The van der Waals surface area contributed by atoms with Crippen molar-refractivity contribution in [3.05, 3.63) is 0 Å². The SMILES string of the molecule is CC(C)CN1CCC(CN(C)C2CC(O)C2)CC1. The van der Waals surface area contributed by atoms with E-state index in [2.05, 4.69) is 30.7 Å². The van der Waals surface area contributed by atoms with Gasteiger partial charge in [0.25, 0.3) is 0 Å². The van der Waals surface area contributed by atoms with Crippen molar-refractivity contribution in [2.45, 2.75) is 51.7 Å². The maximum atomic E-state index is 9.36. The van der Waals surface area contributed by atoms with E-state index in [0.717, 1.165) is 24.7 Å². The van der Waals surface area contributed by atoms with E-state index >= 15 is 0 Å². The predicted molar refractivity (Wildman–Crippen MR) is 75.7 cm³/mol. The number of nitrogens with zero attached hydrogens (tertiary/aromatic N) is 2. The van der Waals surface area contributed by atoms with Gasteiger partial charge in [-0.3, -0.25) is 0 Å². The van der Waals surface area contributed by atoms with Crippen LogP contribution in [0.2, 0.25) is 0 Å². The van der Waals surface area contributed by atoms with Crippen LogP contribution in [0, 0.1) is 11.8 Å². The number of hydrogen-bond acceptors (Lipinski definition) is 3. The van der Waals surface area contributed by atoms with Crippen molar-refractivity contribution in [1.29, 1.82) is 0 Å². The summed E-state index contributed by atoms with van der Waals surface area (Å²) >= 11 is 0. The lowest BCUT2D eigenvalue weighted by atomic mass is 9.87. The summed E-state index contributed by atoms with van der Waals surface area (Å²) in [6.45, 7) is 9.67. The maximum Gasteiger partial charge on any atom is 0.0570 e. The Balaban J connectivity index is 1.64. The molecule has 1 heterocycles. The van der Waals surface area contributed by atoms with Crippen molar-refractivity contribution in [3.8, 4) is 0 Å². The molecular weight excluding hydrogens is 224 g/mol. The highest BCUT2D eigenvalue weighted by atomic mass is 16.3. The minimum Gasteiger partial charge on any atom is -0.393 e. The van der Waals surface area contributed by atoms with Crippen molar-refractivity contribution in [1.82, 2.24) is 9.80 Å². The molecule has 1 aliphatic carbocycles. The molecule has 0 aromatic rings. The van der Waals surface area contributed by atoms with Gasteiger partial charge in [0.1, 0.15) is 0 Å². The van der Waals surface area contributed by atoms with Crippen LogP contribution in [-0.4, -0.2) is 60.3 Å². The van der Waals surface area contributed by atoms with Gasteiger partial charge >= 0.3 is 0 Å². The van der Waals surface area contributed by atoms with Gasteiger partial charge in [0.15, 0.2) is 0 Å². The van der Waals surface area contributed by atoms with Crippen LogP contribution in [0.5, 0.6) is 0 Å². The minimum absolute atomic E-state index is 0.0228. The van der Waals surface area contributed by atoms with E-state index < -0.39 is 0 Å². The van der Waals surface area contributed by atoms with Gasteiger partial charge in [-0.15, -0.1) is 0 Å². The molecule has 0 aromatic heterocycles. The average molecular weight is 254 g/mol. The third kappa shape index (κ3) is 3.94. The molecule has 3 heteroatoms. The van der Waals surface area contributed by atoms with Crippen molar-refractivity contribution < 1.29 is 5.11 Å². The summed E-state index contributed by atoms with van der Waals surface area (Å²) in [5.74, 6) is 1.66. The molecule has 1 saturated heterocycles. The molecule has 2 fully saturated rings. The van der Waals surface area contributed by atoms with Crippen LogP contribution < -0.4 is 0 Å². The monoisotopic (exact) mass is 254 g/mol. The molecule has 0 atom stereocenters. The van der Waals surface area contributed by atoms with Gasteiger partial charge in [0.05, 0.1) is 6.10 Å². The Labute approximate surface area is 112 Å². The second-order valence-corrected chi connectivity index (χ2v) is 6.86. The number of hydrogen-bond donors (Lipinski definition) is 1. The van der Waals surface area contributed by atoms with Gasteiger partial charge in [0, 0.05) is 19.1 Å². The Bertz CT molecular complexity index is 243. The molecule has 0 radical (unpaired) electrons. The normalized spacial score (nSPS) is 31.0. The summed E-state index contributed by atoms with van der Waals surface area (Å²) in [5.41, 5.74) is 0. The molecule has 0 unspecified atom stereocenters. The highest BCUT2D eigenvalue weighted by molar-refractivity contribution is 4.87. The van der Waals surface area contributed by atoms with E-state index in [1.165, 1.54) is 39.0 Å². The van der Waals surface area contributed by atoms with E-state index in [4.69, 9.17) is 0 Å². The zero-order valence-corrected chi connectivity index (χ0v) is 12.3. The van der Waals surface area contributed by atoms with Crippen LogP contribution in [0.1, 0.15) is 39.5 Å². The van der Waals surface area contributed by atoms with Gasteiger partial charge in [0.2, 0.25) is 0 Å². The lowest BCUT2D eigenvalue weighted by Gasteiger charge is -2.41. The standard InChI is InChI=1S/C15H30N2O/c1-12(2)10-17-6-4-13(5-7-17)11-16(3)14-8-15(18)9-14/h12-15,18H,4-11H2,1-3H3. The first kappa shape index (κ1) is 14.3. The summed E-state index contributed by atoms with van der Waals surface area (Å²) < 4.78 is 0. The third-order valence-corrected chi connectivity index (χ3v) is 4.59. The quantitative estimate of drug-likeness (QED) is 0.810. The average Bonchev–Trinajstić information content (AvgIpc) is 2.27. The summed E-state index contributed by atoms with van der Waals surface area (Å²) in [6, 6.07) is 0.647. The first-order valence-corrected chi connectivity index (χ1v) is 7.65. The van der Waals surface area contributed by atoms with Gasteiger partial charge in [-0.2, -0.15) is 0 Å². The number of aliphatic hydroxyl groups excluding tert-OH is 1. The summed E-state index contributed by atoms with van der Waals surface area (Å²) in [7, 11) is 2.23. The fourth-order valence-electron chi connectivity index (χ4n) is 3.34. The van der Waals surface area contributed by atoms with Gasteiger partial charge in [-0.25, -0.2) is 0 Å². The Morgan fingerprint density at radius 1 is 1.22 bits per heavy atom. The Morgan fingerprint density at radius 3 is 2.33 bits per heavy atom. The lowest BCUT2D eigenvalue weighted by Crippen LogP contribution is -2.48. The van der Waals surface area contributed by atoms with Crippen LogP contribution in [0.25, 0.3) is 0 Å². The van der Waals surface area contributed by atoms with Crippen LogP contribution in [-0.2, 0) is 0 Å². The van der Waals surface area contributed by atoms with E-state index in [0.29, 0.717) is 6.04 Å². The molecule has 2 aliphatic rings. The number of aliphatic hydroxyl groups is 1. The Hall–Kier alpha value is -0.120. The maximum absolute atomic E-state index is 9.36. The van der Waals surface area contributed by atoms with E-state index in [-0.39, 0.29) is 6.10 Å². The first-order chi connectivity index (χ1) is 8.54. The molecule has 3 nitrogen and oxygen atoms in total. The van der Waals surface area contributed by atoms with Crippen LogP contribution >= 0.6 is 0 Å². The smallest absolute Gasteiger partial charge is 0.0570 e. The van der Waals surface area contributed by atoms with Gasteiger partial charge in [-0.05, 0) is 57.7 Å². The van der Waals surface area contributed by atoms with E-state index in [9.17, 15) is 5.11 Å². The largest absolute Gasteiger partial charge is 0.393 e. The molecule has 0 bridgehead atoms. The summed E-state index contributed by atoms with van der Waals surface area (Å²) in [6.07, 6.45) is 4.66. The molecule has 2 rings (SSSR count). The van der Waals surface area contributed by atoms with Crippen LogP contribution in [0.4, 0.5) is 0 Å². The van der Waals surface area contributed by atoms with Crippen LogP contribution in [0.3, 0.4) is 0 Å². The van der Waals surface area contributed by atoms with Crippen molar-refractivity contribution in [2.75, 3.05) is 33.2 Å². The molecule has 1 saturated carbocycles. The highest BCUT2D eigenvalue weighted by Gasteiger charge is 2.31. The number of piperidine rings is 1. The van der Waals surface area contributed by atoms with E-state index in [1.807, 2.05) is 0 Å². The molecule has 18 heavy (non-hydrogen) atoms. The van der Waals surface area contributed by atoms with E-state index in [1.54, 1.807) is 0 Å². The molecule has 0 spiro atoms. The highest BCUT2D eigenvalue weighted by Crippen LogP contribution is 2.27. The zero-order chi connectivity index (χ0) is 13.1. The summed E-state index contributed by atoms with van der Waals surface area (Å²) in [5, 5.41) is 9.36. The molecule has 106 valence electrons. The minimum atomic E-state index is -0.0228. The topological polar surface area (TPSA) is 26.7 Å². The zero-order valence-electron chi connectivity index (χ0n) is 12.3. The van der Waals surface area contributed by atoms with Gasteiger partial charge in [-0.1, -0.05) is 13.8 Å². The predicted octanol–water partition coefficient (Wildman–Crippen LogP) is 1.81. The molecule has 1 N–H and O–H groups in total. The van der Waals surface area contributed by atoms with Crippen LogP contribution in [0.15, 0.2) is 0 Å². The molecule has 1 aliphatic heterocycles. The summed E-state index contributed by atoms with van der Waals surface area (Å²) in [4.78, 5) is 5.10. The fraction of sp³-hybridized carbons (Fsp3) is 1.00. The molecule has 0 amide bonds. The first-order valence-electron chi connectivity index (χ1n) is 7.65. The lowest BCUT2D eigenvalue weighted by molar-refractivity contribution is 0.00261. The Kier molecular flexibility index (Phi) is 5.05. The van der Waals surface area contributed by atoms with Crippen molar-refractivity contribution in [3.63, 3.8) is 0 Å². The molecule has 0 aromatic carbocycles. The number of likely N-dealkylation sites (tertiary alicyclic amines) is 1. The second-order valence-electron chi connectivity index (χ2n) is 6.86. The Morgan fingerprint density at radius 2 is 1.83 bits per heavy atom. The fourth-order valence-corrected chi connectivity index (χ4v) is 3.34. The van der Waals surface area contributed by atoms with Crippen molar-refractivity contribution >= 4 is 0 Å². The molecular formula is C15H30N2O.